The zero-order valence-electron chi connectivity index (χ0n) is 13.9. The Balaban J connectivity index is 1.75. The van der Waals surface area contributed by atoms with E-state index in [2.05, 4.69) is 53.4 Å². The van der Waals surface area contributed by atoms with Crippen LogP contribution >= 0.6 is 0 Å². The maximum atomic E-state index is 5.95. The van der Waals surface area contributed by atoms with Crippen molar-refractivity contribution in [2.24, 2.45) is 10.7 Å². The zero-order chi connectivity index (χ0) is 16.5. The van der Waals surface area contributed by atoms with Crippen LogP contribution in [-0.4, -0.2) is 32.1 Å². The number of hydrogen-bond acceptors (Lipinski definition) is 2. The van der Waals surface area contributed by atoms with Gasteiger partial charge in [-0.3, -0.25) is 4.99 Å². The summed E-state index contributed by atoms with van der Waals surface area (Å²) in [6, 6.07) is 20.9. The molecular weight excluding hydrogens is 284 g/mol. The summed E-state index contributed by atoms with van der Waals surface area (Å²) in [7, 11) is 2.08. The average molecular weight is 310 g/mol. The fraction of sp³-hybridized carbons (Fsp3) is 0.316. The van der Waals surface area contributed by atoms with Gasteiger partial charge >= 0.3 is 0 Å². The van der Waals surface area contributed by atoms with E-state index in [0.717, 1.165) is 13.0 Å². The number of rotatable bonds is 7. The SMILES string of the molecule is CC(CN=C(N)NCCc1ccccc1)N(C)c1ccccc1. The first kappa shape index (κ1) is 16.9. The number of likely N-dealkylation sites (N-methyl/N-ethyl adjacent to an activating group) is 1. The van der Waals surface area contributed by atoms with E-state index < -0.39 is 0 Å². The van der Waals surface area contributed by atoms with E-state index in [1.54, 1.807) is 0 Å². The molecule has 0 aromatic heterocycles. The fourth-order valence-corrected chi connectivity index (χ4v) is 2.31. The highest BCUT2D eigenvalue weighted by Crippen LogP contribution is 2.13. The Hall–Kier alpha value is -2.49. The monoisotopic (exact) mass is 310 g/mol. The molecule has 0 fully saturated rings. The number of nitrogens with one attached hydrogen (secondary N) is 1. The molecule has 0 aliphatic heterocycles. The predicted octanol–water partition coefficient (Wildman–Crippen LogP) is 2.66. The number of hydrogen-bond donors (Lipinski definition) is 2. The van der Waals surface area contributed by atoms with E-state index in [1.807, 2.05) is 36.4 Å². The minimum Gasteiger partial charge on any atom is -0.370 e. The summed E-state index contributed by atoms with van der Waals surface area (Å²) >= 11 is 0. The summed E-state index contributed by atoms with van der Waals surface area (Å²) in [5, 5.41) is 3.17. The van der Waals surface area contributed by atoms with Gasteiger partial charge in [0, 0.05) is 25.3 Å². The Bertz CT molecular complexity index is 595. The van der Waals surface area contributed by atoms with Crippen LogP contribution in [0.3, 0.4) is 0 Å². The fourth-order valence-electron chi connectivity index (χ4n) is 2.31. The standard InChI is InChI=1S/C19H26N4/c1-16(23(2)18-11-7-4-8-12-18)15-22-19(20)21-14-13-17-9-5-3-6-10-17/h3-12,16H,13-15H2,1-2H3,(H3,20,21,22). The minimum atomic E-state index is 0.284. The molecule has 3 N–H and O–H groups in total. The van der Waals surface area contributed by atoms with Crippen molar-refractivity contribution in [2.45, 2.75) is 19.4 Å². The van der Waals surface area contributed by atoms with E-state index in [9.17, 15) is 0 Å². The average Bonchev–Trinajstić information content (AvgIpc) is 2.60. The third kappa shape index (κ3) is 5.66. The third-order valence-corrected chi connectivity index (χ3v) is 3.91. The molecule has 1 atom stereocenters. The maximum Gasteiger partial charge on any atom is 0.188 e. The number of guanidine groups is 1. The van der Waals surface area contributed by atoms with Crippen molar-refractivity contribution in [3.8, 4) is 0 Å². The second-order valence-electron chi connectivity index (χ2n) is 5.68. The quantitative estimate of drug-likeness (QED) is 0.610. The van der Waals surface area contributed by atoms with Gasteiger partial charge in [0.1, 0.15) is 0 Å². The highest BCUT2D eigenvalue weighted by molar-refractivity contribution is 5.77. The lowest BCUT2D eigenvalue weighted by Gasteiger charge is -2.25. The van der Waals surface area contributed by atoms with Crippen molar-refractivity contribution >= 4 is 11.6 Å². The molecule has 0 heterocycles. The molecule has 0 saturated heterocycles. The van der Waals surface area contributed by atoms with Crippen LogP contribution in [0, 0.1) is 0 Å². The molecular formula is C19H26N4. The van der Waals surface area contributed by atoms with Crippen LogP contribution in [0.25, 0.3) is 0 Å². The van der Waals surface area contributed by atoms with Crippen LogP contribution in [0.1, 0.15) is 12.5 Å². The van der Waals surface area contributed by atoms with Crippen molar-refractivity contribution in [3.05, 3.63) is 66.2 Å². The molecule has 2 rings (SSSR count). The molecule has 0 aliphatic rings. The molecule has 0 radical (unpaired) electrons. The van der Waals surface area contributed by atoms with Crippen molar-refractivity contribution in [2.75, 3.05) is 25.0 Å². The van der Waals surface area contributed by atoms with Gasteiger partial charge in [0.05, 0.1) is 6.54 Å². The Morgan fingerprint density at radius 3 is 2.35 bits per heavy atom. The van der Waals surface area contributed by atoms with Crippen molar-refractivity contribution < 1.29 is 0 Å². The third-order valence-electron chi connectivity index (χ3n) is 3.91. The second kappa shape index (κ2) is 8.83. The first-order valence-corrected chi connectivity index (χ1v) is 8.02. The van der Waals surface area contributed by atoms with Gasteiger partial charge in [-0.05, 0) is 31.0 Å². The Morgan fingerprint density at radius 2 is 1.70 bits per heavy atom. The topological polar surface area (TPSA) is 53.6 Å². The first-order chi connectivity index (χ1) is 11.2. The van der Waals surface area contributed by atoms with Crippen LogP contribution in [0.5, 0.6) is 0 Å². The second-order valence-corrected chi connectivity index (χ2v) is 5.68. The Labute approximate surface area is 139 Å². The lowest BCUT2D eigenvalue weighted by molar-refractivity contribution is 0.692. The van der Waals surface area contributed by atoms with Crippen molar-refractivity contribution in [1.29, 1.82) is 0 Å². The molecule has 2 aromatic rings. The van der Waals surface area contributed by atoms with Gasteiger partial charge in [-0.2, -0.15) is 0 Å². The summed E-state index contributed by atoms with van der Waals surface area (Å²) in [6.45, 7) is 3.60. The minimum absolute atomic E-state index is 0.284. The number of benzene rings is 2. The highest BCUT2D eigenvalue weighted by atomic mass is 15.2. The van der Waals surface area contributed by atoms with Gasteiger partial charge < -0.3 is 16.0 Å². The lowest BCUT2D eigenvalue weighted by atomic mass is 10.1. The van der Waals surface area contributed by atoms with Crippen LogP contribution < -0.4 is 16.0 Å². The summed E-state index contributed by atoms with van der Waals surface area (Å²) in [5.74, 6) is 0.509. The molecule has 23 heavy (non-hydrogen) atoms. The number of aliphatic imine (C=N–C) groups is 1. The zero-order valence-corrected chi connectivity index (χ0v) is 13.9. The van der Waals surface area contributed by atoms with Gasteiger partial charge in [0.2, 0.25) is 0 Å². The Kier molecular flexibility index (Phi) is 6.48. The highest BCUT2D eigenvalue weighted by Gasteiger charge is 2.08. The number of nitrogens with zero attached hydrogens (tertiary/aromatic N) is 2. The molecule has 1 unspecified atom stereocenters. The molecule has 0 bridgehead atoms. The molecule has 0 saturated carbocycles. The smallest absolute Gasteiger partial charge is 0.188 e. The molecule has 4 nitrogen and oxygen atoms in total. The van der Waals surface area contributed by atoms with Gasteiger partial charge in [-0.25, -0.2) is 0 Å². The normalized spacial score (nSPS) is 12.7. The van der Waals surface area contributed by atoms with Crippen LogP contribution in [0.4, 0.5) is 5.69 Å². The Morgan fingerprint density at radius 1 is 1.09 bits per heavy atom. The molecule has 2 aromatic carbocycles. The van der Waals surface area contributed by atoms with Gasteiger partial charge in [-0.15, -0.1) is 0 Å². The summed E-state index contributed by atoms with van der Waals surface area (Å²) in [4.78, 5) is 6.65. The predicted molar refractivity (Wildman–Crippen MR) is 98.9 cm³/mol. The van der Waals surface area contributed by atoms with Gasteiger partial charge in [-0.1, -0.05) is 48.5 Å². The summed E-state index contributed by atoms with van der Waals surface area (Å²) in [5.41, 5.74) is 8.43. The molecule has 4 heteroatoms. The van der Waals surface area contributed by atoms with Crippen molar-refractivity contribution in [3.63, 3.8) is 0 Å². The largest absolute Gasteiger partial charge is 0.370 e. The van der Waals surface area contributed by atoms with E-state index in [4.69, 9.17) is 5.73 Å². The molecule has 0 amide bonds. The summed E-state index contributed by atoms with van der Waals surface area (Å²) in [6.07, 6.45) is 0.941. The molecule has 0 aliphatic carbocycles. The van der Waals surface area contributed by atoms with E-state index in [0.29, 0.717) is 12.5 Å². The van der Waals surface area contributed by atoms with Crippen LogP contribution in [-0.2, 0) is 6.42 Å². The first-order valence-electron chi connectivity index (χ1n) is 8.02. The molecule has 122 valence electrons. The number of para-hydroxylation sites is 1. The maximum absolute atomic E-state index is 5.95. The van der Waals surface area contributed by atoms with Gasteiger partial charge in [0.25, 0.3) is 0 Å². The molecule has 0 spiro atoms. The van der Waals surface area contributed by atoms with E-state index in [1.165, 1.54) is 11.3 Å². The van der Waals surface area contributed by atoms with E-state index >= 15 is 0 Å². The van der Waals surface area contributed by atoms with Gasteiger partial charge in [0.15, 0.2) is 5.96 Å². The lowest BCUT2D eigenvalue weighted by Crippen LogP contribution is -2.36. The number of anilines is 1. The van der Waals surface area contributed by atoms with Crippen LogP contribution in [0.15, 0.2) is 65.7 Å². The van der Waals surface area contributed by atoms with Crippen molar-refractivity contribution in [1.82, 2.24) is 5.32 Å². The number of nitrogens with two attached hydrogens (primary N) is 1. The van der Waals surface area contributed by atoms with E-state index in [-0.39, 0.29) is 6.04 Å². The summed E-state index contributed by atoms with van der Waals surface area (Å²) < 4.78 is 0. The van der Waals surface area contributed by atoms with Crippen LogP contribution in [0.2, 0.25) is 0 Å².